The van der Waals surface area contributed by atoms with E-state index in [0.29, 0.717) is 0 Å². The van der Waals surface area contributed by atoms with Crippen LogP contribution in [0.15, 0.2) is 0 Å². The molecule has 50 valence electrons. The van der Waals surface area contributed by atoms with Crippen LogP contribution in [-0.2, 0) is 14.3 Å². The smallest absolute Gasteiger partial charge is 0.256 e. The van der Waals surface area contributed by atoms with Crippen LogP contribution in [0, 0.1) is 0 Å². The van der Waals surface area contributed by atoms with Gasteiger partial charge in [0.15, 0.2) is 0 Å². The van der Waals surface area contributed by atoms with Crippen molar-refractivity contribution >= 4 is 11.6 Å². The number of ether oxygens (including phenoxy) is 1. The molecule has 4 nitrogen and oxygen atoms in total. The number of carbonyl (C=O) groups excluding carboxylic acids is 2. The summed E-state index contributed by atoms with van der Waals surface area (Å²) in [5.74, 6) is -1.50. The van der Waals surface area contributed by atoms with Gasteiger partial charge in [0, 0.05) is 0 Å². The van der Waals surface area contributed by atoms with Crippen LogP contribution in [-0.4, -0.2) is 29.1 Å². The molecule has 0 aromatic rings. The predicted octanol–water partition coefficient (Wildman–Crippen LogP) is -1.14. The third-order valence-electron chi connectivity index (χ3n) is 1.17. The van der Waals surface area contributed by atoms with Crippen molar-refractivity contribution < 1.29 is 19.4 Å². The van der Waals surface area contributed by atoms with Gasteiger partial charge in [0.25, 0.3) is 5.78 Å². The highest BCUT2D eigenvalue weighted by molar-refractivity contribution is 6.41. The molecule has 0 bridgehead atoms. The molecule has 1 heterocycles. The van der Waals surface area contributed by atoms with E-state index in [1.807, 2.05) is 0 Å². The molecular formula is C5H6O4. The lowest BCUT2D eigenvalue weighted by molar-refractivity contribution is -0.144. The lowest BCUT2D eigenvalue weighted by atomic mass is 10.2. The Balaban J connectivity index is 2.77. The Labute approximate surface area is 51.4 Å². The highest BCUT2D eigenvalue weighted by atomic mass is 16.6. The highest BCUT2D eigenvalue weighted by Gasteiger charge is 2.37. The van der Waals surface area contributed by atoms with Crippen molar-refractivity contribution in [3.8, 4) is 0 Å². The van der Waals surface area contributed by atoms with Crippen LogP contribution in [0.5, 0.6) is 0 Å². The Morgan fingerprint density at radius 2 is 2.00 bits per heavy atom. The first-order valence-corrected chi connectivity index (χ1v) is 2.54. The monoisotopic (exact) mass is 130 g/mol. The van der Waals surface area contributed by atoms with E-state index in [1.165, 1.54) is 6.92 Å². The van der Waals surface area contributed by atoms with Gasteiger partial charge in [0.1, 0.15) is 6.10 Å². The van der Waals surface area contributed by atoms with Gasteiger partial charge in [0.2, 0.25) is 12.1 Å². The third-order valence-corrected chi connectivity index (χ3v) is 1.17. The summed E-state index contributed by atoms with van der Waals surface area (Å²) >= 11 is 0. The van der Waals surface area contributed by atoms with Crippen LogP contribution in [0.2, 0.25) is 0 Å². The summed E-state index contributed by atoms with van der Waals surface area (Å²) in [6.45, 7) is 1.43. The average molecular weight is 130 g/mol. The van der Waals surface area contributed by atoms with Gasteiger partial charge in [-0.2, -0.15) is 0 Å². The Morgan fingerprint density at radius 3 is 2.11 bits per heavy atom. The summed E-state index contributed by atoms with van der Waals surface area (Å²) in [4.78, 5) is 20.9. The molecule has 1 N–H and O–H groups in total. The second-order valence-corrected chi connectivity index (χ2v) is 1.86. The fraction of sp³-hybridized carbons (Fsp3) is 0.600. The van der Waals surface area contributed by atoms with Crippen LogP contribution in [0.1, 0.15) is 6.92 Å². The van der Waals surface area contributed by atoms with E-state index in [1.54, 1.807) is 0 Å². The molecule has 1 fully saturated rings. The van der Waals surface area contributed by atoms with Crippen molar-refractivity contribution in [2.75, 3.05) is 0 Å². The molecule has 1 rings (SSSR count). The summed E-state index contributed by atoms with van der Waals surface area (Å²) in [6, 6.07) is 0. The first kappa shape index (κ1) is 6.38. The number of Topliss-reactive ketones (excluding diaryl/α,β-unsaturated/α-hetero) is 2. The lowest BCUT2D eigenvalue weighted by Crippen LogP contribution is -2.19. The fourth-order valence-corrected chi connectivity index (χ4v) is 0.639. The number of hydrogen-bond donors (Lipinski definition) is 1. The second-order valence-electron chi connectivity index (χ2n) is 1.86. The quantitative estimate of drug-likeness (QED) is 0.421. The zero-order valence-electron chi connectivity index (χ0n) is 4.83. The summed E-state index contributed by atoms with van der Waals surface area (Å²) in [5.41, 5.74) is 0. The highest BCUT2D eigenvalue weighted by Crippen LogP contribution is 2.08. The van der Waals surface area contributed by atoms with Crippen molar-refractivity contribution in [1.82, 2.24) is 0 Å². The Bertz CT molecular complexity index is 144. The maximum atomic E-state index is 10.5. The average Bonchev–Trinajstić information content (AvgIpc) is 1.98. The number of carbonyl (C=O) groups is 2. The molecule has 1 aliphatic rings. The van der Waals surface area contributed by atoms with E-state index in [2.05, 4.69) is 4.74 Å². The summed E-state index contributed by atoms with van der Waals surface area (Å²) < 4.78 is 4.44. The van der Waals surface area contributed by atoms with Crippen molar-refractivity contribution in [2.45, 2.75) is 19.3 Å². The molecular weight excluding hydrogens is 124 g/mol. The normalized spacial score (nSPS) is 35.8. The largest absolute Gasteiger partial charge is 0.362 e. The molecule has 9 heavy (non-hydrogen) atoms. The molecule has 1 aliphatic heterocycles. The molecule has 2 atom stereocenters. The molecule has 4 heteroatoms. The first-order valence-electron chi connectivity index (χ1n) is 2.54. The van der Waals surface area contributed by atoms with E-state index in [-0.39, 0.29) is 0 Å². The number of hydrogen-bond acceptors (Lipinski definition) is 4. The molecule has 0 spiro atoms. The molecule has 0 aromatic heterocycles. The van der Waals surface area contributed by atoms with Gasteiger partial charge in [-0.25, -0.2) is 0 Å². The van der Waals surface area contributed by atoms with Gasteiger partial charge < -0.3 is 9.84 Å². The third kappa shape index (κ3) is 0.863. The van der Waals surface area contributed by atoms with Crippen LogP contribution in [0.25, 0.3) is 0 Å². The van der Waals surface area contributed by atoms with Crippen molar-refractivity contribution in [1.29, 1.82) is 0 Å². The van der Waals surface area contributed by atoms with Crippen LogP contribution < -0.4 is 0 Å². The summed E-state index contributed by atoms with van der Waals surface area (Å²) in [7, 11) is 0. The van der Waals surface area contributed by atoms with Gasteiger partial charge in [0.05, 0.1) is 0 Å². The molecule has 0 aliphatic carbocycles. The minimum Gasteiger partial charge on any atom is -0.362 e. The summed E-state index contributed by atoms with van der Waals surface area (Å²) in [6.07, 6.45) is -2.29. The Kier molecular flexibility index (Phi) is 1.34. The van der Waals surface area contributed by atoms with E-state index < -0.39 is 24.0 Å². The zero-order chi connectivity index (χ0) is 7.02. The fourth-order valence-electron chi connectivity index (χ4n) is 0.639. The molecule has 0 aromatic carbocycles. The molecule has 0 radical (unpaired) electrons. The standard InChI is InChI=1S/C5H6O4/c1-2-3(6)4(7)5(8)9-2/h2,5,8H,1H3. The van der Waals surface area contributed by atoms with Gasteiger partial charge >= 0.3 is 0 Å². The molecule has 0 amide bonds. The lowest BCUT2D eigenvalue weighted by Gasteiger charge is -1.96. The van der Waals surface area contributed by atoms with E-state index in [0.717, 1.165) is 0 Å². The van der Waals surface area contributed by atoms with Crippen LogP contribution in [0.3, 0.4) is 0 Å². The maximum Gasteiger partial charge on any atom is 0.256 e. The van der Waals surface area contributed by atoms with Crippen molar-refractivity contribution in [3.63, 3.8) is 0 Å². The number of rotatable bonds is 0. The zero-order valence-corrected chi connectivity index (χ0v) is 4.83. The topological polar surface area (TPSA) is 63.6 Å². The molecule has 2 unspecified atom stereocenters. The number of aliphatic hydroxyl groups is 1. The van der Waals surface area contributed by atoms with Crippen LogP contribution in [0.4, 0.5) is 0 Å². The second kappa shape index (κ2) is 1.89. The van der Waals surface area contributed by atoms with Gasteiger partial charge in [-0.05, 0) is 6.92 Å². The van der Waals surface area contributed by atoms with Crippen LogP contribution >= 0.6 is 0 Å². The first-order chi connectivity index (χ1) is 4.13. The summed E-state index contributed by atoms with van der Waals surface area (Å²) in [5, 5.41) is 8.55. The van der Waals surface area contributed by atoms with Crippen molar-refractivity contribution in [3.05, 3.63) is 0 Å². The number of ketones is 2. The maximum absolute atomic E-state index is 10.5. The van der Waals surface area contributed by atoms with Crippen molar-refractivity contribution in [2.24, 2.45) is 0 Å². The molecule has 0 saturated carbocycles. The minimum absolute atomic E-state index is 0.650. The van der Waals surface area contributed by atoms with Gasteiger partial charge in [-0.3, -0.25) is 9.59 Å². The molecule has 1 saturated heterocycles. The van der Waals surface area contributed by atoms with E-state index in [9.17, 15) is 9.59 Å². The van der Waals surface area contributed by atoms with Gasteiger partial charge in [-0.1, -0.05) is 0 Å². The van der Waals surface area contributed by atoms with Gasteiger partial charge in [-0.15, -0.1) is 0 Å². The van der Waals surface area contributed by atoms with E-state index >= 15 is 0 Å². The minimum atomic E-state index is -1.52. The predicted molar refractivity (Wildman–Crippen MR) is 26.6 cm³/mol. The van der Waals surface area contributed by atoms with E-state index in [4.69, 9.17) is 5.11 Å². The Hall–Kier alpha value is -0.740. The Morgan fingerprint density at radius 1 is 1.44 bits per heavy atom. The SMILES string of the molecule is CC1OC(O)C(=O)C1=O. The number of aliphatic hydroxyl groups excluding tert-OH is 1.